The van der Waals surface area contributed by atoms with Crippen LogP contribution in [0.2, 0.25) is 0 Å². The summed E-state index contributed by atoms with van der Waals surface area (Å²) in [5, 5.41) is 10.9. The zero-order chi connectivity index (χ0) is 23.8. The summed E-state index contributed by atoms with van der Waals surface area (Å²) in [6.07, 6.45) is 4.69. The molecule has 8 nitrogen and oxygen atoms in total. The number of fused-ring (bicyclic) bond motifs is 1. The number of benzene rings is 1. The van der Waals surface area contributed by atoms with E-state index in [1.54, 1.807) is 6.33 Å². The normalized spacial score (nSPS) is 17.9. The third-order valence-corrected chi connectivity index (χ3v) is 7.13. The van der Waals surface area contributed by atoms with Crippen molar-refractivity contribution in [3.63, 3.8) is 0 Å². The van der Waals surface area contributed by atoms with Gasteiger partial charge < -0.3 is 24.2 Å². The number of aromatic nitrogens is 3. The van der Waals surface area contributed by atoms with Crippen molar-refractivity contribution < 1.29 is 9.52 Å². The zero-order valence-corrected chi connectivity index (χ0v) is 20.0. The topological polar surface area (TPSA) is 81.8 Å². The molecule has 6 rings (SSSR count). The fourth-order valence-electron chi connectivity index (χ4n) is 5.06. The van der Waals surface area contributed by atoms with Crippen molar-refractivity contribution in [2.45, 2.75) is 18.9 Å². The second-order valence-electron chi connectivity index (χ2n) is 9.46. The van der Waals surface area contributed by atoms with E-state index >= 15 is 0 Å². The molecular formula is C27H30N6O2. The zero-order valence-electron chi connectivity index (χ0n) is 20.0. The molecule has 2 saturated heterocycles. The predicted octanol–water partition coefficient (Wildman–Crippen LogP) is 3.66. The SMILES string of the molecule is CN1CCN(c2ccc(-c3oc4ncnc(N5CCC(O)CC5)c4c3-c3ccccc3)cn2)CC1. The third kappa shape index (κ3) is 4.24. The molecule has 2 fully saturated rings. The summed E-state index contributed by atoms with van der Waals surface area (Å²) < 4.78 is 6.40. The highest BCUT2D eigenvalue weighted by atomic mass is 16.3. The highest BCUT2D eigenvalue weighted by molar-refractivity contribution is 6.06. The molecule has 1 N–H and O–H groups in total. The molecule has 0 saturated carbocycles. The summed E-state index contributed by atoms with van der Waals surface area (Å²) in [6.45, 7) is 5.55. The van der Waals surface area contributed by atoms with E-state index in [1.807, 2.05) is 24.4 Å². The van der Waals surface area contributed by atoms with E-state index in [0.717, 1.165) is 91.6 Å². The predicted molar refractivity (Wildman–Crippen MR) is 138 cm³/mol. The van der Waals surface area contributed by atoms with Crippen LogP contribution in [0.15, 0.2) is 59.4 Å². The maximum Gasteiger partial charge on any atom is 0.232 e. The van der Waals surface area contributed by atoms with Crippen LogP contribution in [-0.4, -0.2) is 77.4 Å². The lowest BCUT2D eigenvalue weighted by Crippen LogP contribution is -2.44. The fraction of sp³-hybridized carbons (Fsp3) is 0.370. The summed E-state index contributed by atoms with van der Waals surface area (Å²) in [7, 11) is 2.16. The van der Waals surface area contributed by atoms with Gasteiger partial charge in [-0.3, -0.25) is 0 Å². The van der Waals surface area contributed by atoms with Crippen LogP contribution in [0.5, 0.6) is 0 Å². The number of furan rings is 1. The number of rotatable bonds is 4. The van der Waals surface area contributed by atoms with Crippen LogP contribution in [0.25, 0.3) is 33.6 Å². The van der Waals surface area contributed by atoms with Gasteiger partial charge >= 0.3 is 0 Å². The first-order valence-corrected chi connectivity index (χ1v) is 12.3. The molecule has 0 atom stereocenters. The first-order chi connectivity index (χ1) is 17.2. The van der Waals surface area contributed by atoms with E-state index in [9.17, 15) is 5.11 Å². The minimum atomic E-state index is -0.248. The van der Waals surface area contributed by atoms with Crippen LogP contribution >= 0.6 is 0 Å². The van der Waals surface area contributed by atoms with E-state index in [0.29, 0.717) is 5.71 Å². The van der Waals surface area contributed by atoms with Crippen LogP contribution in [0, 0.1) is 0 Å². The number of pyridine rings is 1. The average Bonchev–Trinajstić information content (AvgIpc) is 3.30. The van der Waals surface area contributed by atoms with Crippen molar-refractivity contribution in [2.75, 3.05) is 56.1 Å². The van der Waals surface area contributed by atoms with Crippen molar-refractivity contribution in [2.24, 2.45) is 0 Å². The van der Waals surface area contributed by atoms with Crippen LogP contribution in [0.3, 0.4) is 0 Å². The number of piperidine rings is 1. The van der Waals surface area contributed by atoms with Gasteiger partial charge in [0.15, 0.2) is 0 Å². The van der Waals surface area contributed by atoms with Crippen LogP contribution < -0.4 is 9.80 Å². The Labute approximate surface area is 204 Å². The number of aliphatic hydroxyl groups is 1. The number of aliphatic hydroxyl groups excluding tert-OH is 1. The lowest BCUT2D eigenvalue weighted by Gasteiger charge is -2.33. The third-order valence-electron chi connectivity index (χ3n) is 7.13. The van der Waals surface area contributed by atoms with Gasteiger partial charge in [0, 0.05) is 56.6 Å². The first kappa shape index (κ1) is 22.0. The van der Waals surface area contributed by atoms with Crippen molar-refractivity contribution in [3.05, 3.63) is 55.0 Å². The smallest absolute Gasteiger partial charge is 0.232 e. The lowest BCUT2D eigenvalue weighted by molar-refractivity contribution is 0.145. The number of likely N-dealkylation sites (N-methyl/N-ethyl adjacent to an activating group) is 1. The number of anilines is 2. The van der Waals surface area contributed by atoms with Gasteiger partial charge in [0.25, 0.3) is 0 Å². The van der Waals surface area contributed by atoms with E-state index in [-0.39, 0.29) is 6.10 Å². The summed E-state index contributed by atoms with van der Waals surface area (Å²) in [4.78, 5) is 20.9. The molecule has 5 heterocycles. The highest BCUT2D eigenvalue weighted by Gasteiger charge is 2.27. The van der Waals surface area contributed by atoms with Gasteiger partial charge in [-0.15, -0.1) is 0 Å². The van der Waals surface area contributed by atoms with Crippen molar-refractivity contribution in [1.82, 2.24) is 19.9 Å². The molecule has 2 aliphatic heterocycles. The minimum Gasteiger partial charge on any atom is -0.437 e. The maximum absolute atomic E-state index is 10.0. The largest absolute Gasteiger partial charge is 0.437 e. The molecule has 180 valence electrons. The number of hydrogen-bond donors (Lipinski definition) is 1. The second kappa shape index (κ2) is 9.28. The van der Waals surface area contributed by atoms with Crippen LogP contribution in [0.4, 0.5) is 11.6 Å². The Morgan fingerprint density at radius 3 is 2.31 bits per heavy atom. The van der Waals surface area contributed by atoms with Gasteiger partial charge in [-0.25, -0.2) is 15.0 Å². The van der Waals surface area contributed by atoms with Crippen LogP contribution in [-0.2, 0) is 0 Å². The van der Waals surface area contributed by atoms with Gasteiger partial charge in [-0.05, 0) is 37.6 Å². The monoisotopic (exact) mass is 470 g/mol. The molecule has 0 unspecified atom stereocenters. The Hall–Kier alpha value is -3.49. The van der Waals surface area contributed by atoms with Crippen molar-refractivity contribution in [1.29, 1.82) is 0 Å². The Bertz CT molecular complexity index is 1290. The molecule has 0 aliphatic carbocycles. The molecular weight excluding hydrogens is 440 g/mol. The molecule has 0 radical (unpaired) electrons. The van der Waals surface area contributed by atoms with Crippen molar-refractivity contribution in [3.8, 4) is 22.5 Å². The van der Waals surface area contributed by atoms with E-state index in [4.69, 9.17) is 9.40 Å². The highest BCUT2D eigenvalue weighted by Crippen LogP contribution is 2.43. The summed E-state index contributed by atoms with van der Waals surface area (Å²) in [6, 6.07) is 14.4. The number of nitrogens with zero attached hydrogens (tertiary/aromatic N) is 6. The summed E-state index contributed by atoms with van der Waals surface area (Å²) >= 11 is 0. The van der Waals surface area contributed by atoms with Gasteiger partial charge in [-0.1, -0.05) is 30.3 Å². The molecule has 4 aromatic rings. The quantitative estimate of drug-likeness (QED) is 0.484. The maximum atomic E-state index is 10.0. The van der Waals surface area contributed by atoms with Gasteiger partial charge in [-0.2, -0.15) is 0 Å². The summed E-state index contributed by atoms with van der Waals surface area (Å²) in [5.41, 5.74) is 3.52. The van der Waals surface area contributed by atoms with E-state index in [1.165, 1.54) is 0 Å². The lowest BCUT2D eigenvalue weighted by atomic mass is 9.99. The van der Waals surface area contributed by atoms with Gasteiger partial charge in [0.05, 0.1) is 11.5 Å². The van der Waals surface area contributed by atoms with Crippen LogP contribution in [0.1, 0.15) is 12.8 Å². The molecule has 1 aromatic carbocycles. The van der Waals surface area contributed by atoms with Crippen molar-refractivity contribution >= 4 is 22.7 Å². The average molecular weight is 471 g/mol. The minimum absolute atomic E-state index is 0.248. The Balaban J connectivity index is 1.44. The van der Waals surface area contributed by atoms with E-state index < -0.39 is 0 Å². The molecule has 8 heteroatoms. The van der Waals surface area contributed by atoms with Gasteiger partial charge in [0.1, 0.15) is 23.7 Å². The standard InChI is InChI=1S/C27H30N6O2/c1-31-13-15-32(16-14-31)22-8-7-20(17-28-22)25-23(19-5-3-2-4-6-19)24-26(29-18-30-27(24)35-25)33-11-9-21(34)10-12-33/h2-8,17-18,21,34H,9-16H2,1H3. The molecule has 35 heavy (non-hydrogen) atoms. The molecule has 0 bridgehead atoms. The molecule has 2 aliphatic rings. The van der Waals surface area contributed by atoms with Gasteiger partial charge in [0.2, 0.25) is 5.71 Å². The Morgan fingerprint density at radius 1 is 0.829 bits per heavy atom. The number of piperazine rings is 1. The second-order valence-corrected chi connectivity index (χ2v) is 9.46. The van der Waals surface area contributed by atoms with E-state index in [2.05, 4.69) is 56.0 Å². The first-order valence-electron chi connectivity index (χ1n) is 12.3. The number of hydrogen-bond acceptors (Lipinski definition) is 8. The molecule has 0 amide bonds. The Kier molecular flexibility index (Phi) is 5.83. The fourth-order valence-corrected chi connectivity index (χ4v) is 5.06. The Morgan fingerprint density at radius 2 is 1.60 bits per heavy atom. The molecule has 3 aromatic heterocycles. The summed E-state index contributed by atoms with van der Waals surface area (Å²) in [5.74, 6) is 2.60. The molecule has 0 spiro atoms.